The number of hydrogen-bond donors (Lipinski definition) is 1. The van der Waals surface area contributed by atoms with Crippen molar-refractivity contribution in [1.82, 2.24) is 0 Å². The first-order valence-corrected chi connectivity index (χ1v) is 5.26. The van der Waals surface area contributed by atoms with E-state index < -0.39 is 0 Å². The molecule has 3 nitrogen and oxygen atoms in total. The van der Waals surface area contributed by atoms with Crippen molar-refractivity contribution in [2.45, 2.75) is 38.1 Å². The van der Waals surface area contributed by atoms with Crippen LogP contribution in [0.3, 0.4) is 0 Å². The fourth-order valence-electron chi connectivity index (χ4n) is 2.19. The molecular weight excluding hydrogens is 188 g/mol. The van der Waals surface area contributed by atoms with Crippen LogP contribution in [0, 0.1) is 5.92 Å². The Balaban J connectivity index is 2.03. The van der Waals surface area contributed by atoms with Crippen molar-refractivity contribution >= 4 is 12.9 Å². The van der Waals surface area contributed by atoms with Crippen LogP contribution in [-0.4, -0.2) is 31.5 Å². The molecule has 0 spiro atoms. The zero-order chi connectivity index (χ0) is 9.26. The van der Waals surface area contributed by atoms with Gasteiger partial charge >= 0.3 is 0 Å². The number of rotatable bonds is 2. The molecule has 2 fully saturated rings. The maximum Gasteiger partial charge on any atom is 0.111 e. The van der Waals surface area contributed by atoms with Crippen LogP contribution in [-0.2, 0) is 13.7 Å². The van der Waals surface area contributed by atoms with Crippen molar-refractivity contribution in [2.75, 3.05) is 13.2 Å². The van der Waals surface area contributed by atoms with E-state index in [0.717, 1.165) is 26.1 Å². The normalized spacial score (nSPS) is 44.8. The zero-order valence-electron chi connectivity index (χ0n) is 7.81. The SMILES string of the molecule is CCC1COC2C(OS)CCOC12. The van der Waals surface area contributed by atoms with Gasteiger partial charge in [0.15, 0.2) is 0 Å². The monoisotopic (exact) mass is 204 g/mol. The van der Waals surface area contributed by atoms with Crippen LogP contribution in [0.4, 0.5) is 0 Å². The molecule has 13 heavy (non-hydrogen) atoms. The maximum atomic E-state index is 5.70. The number of hydrogen-bond acceptors (Lipinski definition) is 4. The van der Waals surface area contributed by atoms with Gasteiger partial charge in [0.1, 0.15) is 12.2 Å². The molecule has 0 aliphatic carbocycles. The smallest absolute Gasteiger partial charge is 0.111 e. The van der Waals surface area contributed by atoms with Gasteiger partial charge in [-0.05, 0) is 19.3 Å². The van der Waals surface area contributed by atoms with Gasteiger partial charge < -0.3 is 13.7 Å². The zero-order valence-corrected chi connectivity index (χ0v) is 8.70. The molecule has 0 aromatic carbocycles. The van der Waals surface area contributed by atoms with Crippen LogP contribution in [0.15, 0.2) is 0 Å². The summed E-state index contributed by atoms with van der Waals surface area (Å²) in [4.78, 5) is 0. The number of thiol groups is 1. The molecule has 0 aromatic heterocycles. The summed E-state index contributed by atoms with van der Waals surface area (Å²) in [5, 5.41) is 0. The highest BCUT2D eigenvalue weighted by Gasteiger charge is 2.44. The molecule has 2 saturated heterocycles. The van der Waals surface area contributed by atoms with Gasteiger partial charge in [-0.2, -0.15) is 0 Å². The molecule has 4 unspecified atom stereocenters. The van der Waals surface area contributed by atoms with Gasteiger partial charge in [0, 0.05) is 18.9 Å². The van der Waals surface area contributed by atoms with E-state index in [1.807, 2.05) is 0 Å². The van der Waals surface area contributed by atoms with Gasteiger partial charge in [0.2, 0.25) is 0 Å². The van der Waals surface area contributed by atoms with Crippen molar-refractivity contribution in [3.05, 3.63) is 0 Å². The highest BCUT2D eigenvalue weighted by molar-refractivity contribution is 7.75. The van der Waals surface area contributed by atoms with E-state index >= 15 is 0 Å². The van der Waals surface area contributed by atoms with E-state index in [1.165, 1.54) is 0 Å². The summed E-state index contributed by atoms with van der Waals surface area (Å²) >= 11 is 3.87. The van der Waals surface area contributed by atoms with E-state index in [4.69, 9.17) is 13.7 Å². The largest absolute Gasteiger partial charge is 0.375 e. The van der Waals surface area contributed by atoms with Gasteiger partial charge in [-0.1, -0.05) is 6.92 Å². The van der Waals surface area contributed by atoms with Crippen LogP contribution in [0.5, 0.6) is 0 Å². The lowest BCUT2D eigenvalue weighted by atomic mass is 9.93. The average Bonchev–Trinajstić information content (AvgIpc) is 2.60. The molecule has 2 aliphatic rings. The predicted octanol–water partition coefficient (Wildman–Crippen LogP) is 1.43. The first-order valence-electron chi connectivity index (χ1n) is 4.90. The molecule has 2 rings (SSSR count). The minimum absolute atomic E-state index is 0.108. The predicted molar refractivity (Wildman–Crippen MR) is 51.7 cm³/mol. The minimum atomic E-state index is 0.108. The average molecular weight is 204 g/mol. The lowest BCUT2D eigenvalue weighted by Gasteiger charge is -2.32. The Kier molecular flexibility index (Phi) is 3.14. The summed E-state index contributed by atoms with van der Waals surface area (Å²) in [6.07, 6.45) is 2.45. The number of ether oxygens (including phenoxy) is 2. The van der Waals surface area contributed by atoms with Crippen molar-refractivity contribution in [1.29, 1.82) is 0 Å². The Bertz CT molecular complexity index is 176. The Labute approximate surface area is 84.4 Å². The fourth-order valence-corrected chi connectivity index (χ4v) is 2.42. The quantitative estimate of drug-likeness (QED) is 0.544. The van der Waals surface area contributed by atoms with Crippen molar-refractivity contribution in [3.63, 3.8) is 0 Å². The van der Waals surface area contributed by atoms with Gasteiger partial charge in [-0.3, -0.25) is 0 Å². The van der Waals surface area contributed by atoms with Gasteiger partial charge in [-0.25, -0.2) is 0 Å². The first kappa shape index (κ1) is 9.77. The molecule has 0 aromatic rings. The van der Waals surface area contributed by atoms with Crippen LogP contribution in [0.1, 0.15) is 19.8 Å². The molecule has 4 heteroatoms. The molecule has 0 bridgehead atoms. The topological polar surface area (TPSA) is 27.7 Å². The summed E-state index contributed by atoms with van der Waals surface area (Å²) in [7, 11) is 0. The molecule has 2 heterocycles. The standard InChI is InChI=1S/C9H16O3S/c1-2-6-5-11-9-7(12-13)3-4-10-8(6)9/h6-9,13H,2-5H2,1H3. The Hall–Kier alpha value is 0.230. The van der Waals surface area contributed by atoms with Gasteiger partial charge in [0.05, 0.1) is 12.7 Å². The fraction of sp³-hybridized carbons (Fsp3) is 1.00. The number of fused-ring (bicyclic) bond motifs is 1. The van der Waals surface area contributed by atoms with E-state index in [1.54, 1.807) is 0 Å². The second kappa shape index (κ2) is 4.17. The van der Waals surface area contributed by atoms with Crippen LogP contribution < -0.4 is 0 Å². The third-order valence-electron chi connectivity index (χ3n) is 3.03. The lowest BCUT2D eigenvalue weighted by molar-refractivity contribution is -0.106. The Morgan fingerprint density at radius 3 is 2.92 bits per heavy atom. The van der Waals surface area contributed by atoms with Gasteiger partial charge in [0.25, 0.3) is 0 Å². The summed E-state index contributed by atoms with van der Waals surface area (Å²) in [6.45, 7) is 3.75. The molecule has 0 radical (unpaired) electrons. The van der Waals surface area contributed by atoms with Crippen LogP contribution in [0.2, 0.25) is 0 Å². The summed E-state index contributed by atoms with van der Waals surface area (Å²) in [5.74, 6) is 0.538. The lowest BCUT2D eigenvalue weighted by Crippen LogP contribution is -2.44. The first-order chi connectivity index (χ1) is 6.36. The highest BCUT2D eigenvalue weighted by atomic mass is 32.1. The summed E-state index contributed by atoms with van der Waals surface area (Å²) < 4.78 is 16.5. The van der Waals surface area contributed by atoms with Gasteiger partial charge in [-0.15, -0.1) is 0 Å². The minimum Gasteiger partial charge on any atom is -0.375 e. The third-order valence-corrected chi connectivity index (χ3v) is 3.30. The molecule has 4 atom stereocenters. The Morgan fingerprint density at radius 2 is 2.23 bits per heavy atom. The second-order valence-electron chi connectivity index (χ2n) is 3.73. The molecule has 2 aliphatic heterocycles. The van der Waals surface area contributed by atoms with Crippen molar-refractivity contribution < 1.29 is 13.7 Å². The molecule has 0 N–H and O–H groups in total. The highest BCUT2D eigenvalue weighted by Crippen LogP contribution is 2.33. The van der Waals surface area contributed by atoms with E-state index in [2.05, 4.69) is 19.8 Å². The van der Waals surface area contributed by atoms with E-state index in [9.17, 15) is 0 Å². The van der Waals surface area contributed by atoms with Crippen LogP contribution in [0.25, 0.3) is 0 Å². The second-order valence-corrected chi connectivity index (χ2v) is 3.95. The molecule has 0 saturated carbocycles. The third kappa shape index (κ3) is 1.73. The van der Waals surface area contributed by atoms with Crippen molar-refractivity contribution in [3.8, 4) is 0 Å². The van der Waals surface area contributed by atoms with Crippen LogP contribution >= 0.6 is 12.9 Å². The summed E-state index contributed by atoms with van der Waals surface area (Å²) in [6, 6.07) is 0. The molecule has 0 amide bonds. The summed E-state index contributed by atoms with van der Waals surface area (Å²) in [5.41, 5.74) is 0. The van der Waals surface area contributed by atoms with E-state index in [0.29, 0.717) is 5.92 Å². The van der Waals surface area contributed by atoms with E-state index in [-0.39, 0.29) is 18.3 Å². The van der Waals surface area contributed by atoms with Crippen molar-refractivity contribution in [2.24, 2.45) is 5.92 Å². The molecule has 76 valence electrons. The Morgan fingerprint density at radius 1 is 1.38 bits per heavy atom. The maximum absolute atomic E-state index is 5.70. The molecular formula is C9H16O3S.